The number of nitrogens with two attached hydrogens (primary N) is 1. The molecule has 0 radical (unpaired) electrons. The monoisotopic (exact) mass is 289 g/mol. The maximum absolute atomic E-state index is 11.6. The van der Waals surface area contributed by atoms with Crippen molar-refractivity contribution in [3.05, 3.63) is 23.8 Å². The van der Waals surface area contributed by atoms with Crippen molar-refractivity contribution in [1.29, 1.82) is 0 Å². The number of anilines is 1. The topological polar surface area (TPSA) is 93.5 Å². The average molecular weight is 289 g/mol. The third kappa shape index (κ3) is 3.83. The molecule has 4 N–H and O–H groups in total. The van der Waals surface area contributed by atoms with Crippen LogP contribution in [0.15, 0.2) is 18.2 Å². The first kappa shape index (κ1) is 14.7. The molecule has 0 saturated heterocycles. The molecule has 18 heavy (non-hydrogen) atoms. The van der Waals surface area contributed by atoms with E-state index in [1.165, 1.54) is 7.11 Å². The lowest BCUT2D eigenvalue weighted by Crippen LogP contribution is -2.30. The molecule has 0 aromatic heterocycles. The lowest BCUT2D eigenvalue weighted by Gasteiger charge is -2.12. The zero-order valence-corrected chi connectivity index (χ0v) is 11.7. The number of ether oxygens (including phenoxy) is 1. The molecule has 0 fully saturated rings. The lowest BCUT2D eigenvalue weighted by atomic mass is 10.2. The van der Waals surface area contributed by atoms with Crippen molar-refractivity contribution in [2.45, 2.75) is 6.92 Å². The van der Waals surface area contributed by atoms with Crippen molar-refractivity contribution in [1.82, 2.24) is 4.72 Å². The van der Waals surface area contributed by atoms with Gasteiger partial charge in [-0.1, -0.05) is 19.1 Å². The number of thiocarbonyl (C=S) groups is 1. The second-order valence-corrected chi connectivity index (χ2v) is 5.32. The molecule has 0 atom stereocenters. The van der Waals surface area contributed by atoms with E-state index in [4.69, 9.17) is 22.7 Å². The van der Waals surface area contributed by atoms with Gasteiger partial charge in [0.1, 0.15) is 10.7 Å². The number of hydrogen-bond donors (Lipinski definition) is 3. The van der Waals surface area contributed by atoms with E-state index in [9.17, 15) is 8.42 Å². The molecule has 1 aromatic carbocycles. The van der Waals surface area contributed by atoms with E-state index in [-0.39, 0.29) is 4.99 Å². The van der Waals surface area contributed by atoms with Crippen LogP contribution < -0.4 is 19.9 Å². The Hall–Kier alpha value is -1.38. The normalized spacial score (nSPS) is 11.0. The number of rotatable bonds is 6. The molecule has 0 bridgehead atoms. The van der Waals surface area contributed by atoms with Crippen LogP contribution >= 0.6 is 12.2 Å². The minimum atomic E-state index is -3.59. The summed E-state index contributed by atoms with van der Waals surface area (Å²) in [6.07, 6.45) is 0. The maximum Gasteiger partial charge on any atom is 0.299 e. The van der Waals surface area contributed by atoms with Crippen LogP contribution in [0.4, 0.5) is 5.69 Å². The SMILES string of the molecule is CCNS(=O)(=O)Nc1ccc(C(N)=S)cc1OC. The molecular formula is C10H15N3O3S2. The number of hydrogen-bond acceptors (Lipinski definition) is 4. The van der Waals surface area contributed by atoms with Crippen LogP contribution in [0.25, 0.3) is 0 Å². The third-order valence-electron chi connectivity index (χ3n) is 2.06. The van der Waals surface area contributed by atoms with Crippen LogP contribution in [0.2, 0.25) is 0 Å². The maximum atomic E-state index is 11.6. The number of nitrogens with one attached hydrogen (secondary N) is 2. The Kier molecular flexibility index (Phi) is 4.88. The zero-order chi connectivity index (χ0) is 13.8. The smallest absolute Gasteiger partial charge is 0.299 e. The molecule has 100 valence electrons. The second kappa shape index (κ2) is 5.98. The molecule has 0 heterocycles. The van der Waals surface area contributed by atoms with Crippen LogP contribution in [0.5, 0.6) is 5.75 Å². The Balaban J connectivity index is 3.07. The molecule has 0 aliphatic heterocycles. The Morgan fingerprint density at radius 1 is 1.50 bits per heavy atom. The molecule has 0 unspecified atom stereocenters. The van der Waals surface area contributed by atoms with Gasteiger partial charge in [0.2, 0.25) is 0 Å². The molecule has 0 saturated carbocycles. The molecule has 0 spiro atoms. The first-order chi connectivity index (χ1) is 8.39. The highest BCUT2D eigenvalue weighted by Crippen LogP contribution is 2.26. The summed E-state index contributed by atoms with van der Waals surface area (Å²) >= 11 is 4.84. The average Bonchev–Trinajstić information content (AvgIpc) is 2.28. The molecule has 0 amide bonds. The summed E-state index contributed by atoms with van der Waals surface area (Å²) in [7, 11) is -2.16. The second-order valence-electron chi connectivity index (χ2n) is 3.38. The van der Waals surface area contributed by atoms with Gasteiger partial charge in [0, 0.05) is 12.1 Å². The van der Waals surface area contributed by atoms with Crippen LogP contribution in [0.1, 0.15) is 12.5 Å². The molecule has 1 rings (SSSR count). The van der Waals surface area contributed by atoms with Gasteiger partial charge in [-0.2, -0.15) is 13.1 Å². The van der Waals surface area contributed by atoms with Gasteiger partial charge < -0.3 is 10.5 Å². The van der Waals surface area contributed by atoms with Crippen LogP contribution in [-0.4, -0.2) is 27.1 Å². The number of methoxy groups -OCH3 is 1. The summed E-state index contributed by atoms with van der Waals surface area (Å²) in [5, 5.41) is 0. The fraction of sp³-hybridized carbons (Fsp3) is 0.300. The Morgan fingerprint density at radius 3 is 2.67 bits per heavy atom. The fourth-order valence-corrected chi connectivity index (χ4v) is 2.34. The van der Waals surface area contributed by atoms with Gasteiger partial charge in [-0.3, -0.25) is 4.72 Å². The van der Waals surface area contributed by atoms with E-state index in [0.29, 0.717) is 23.5 Å². The lowest BCUT2D eigenvalue weighted by molar-refractivity contribution is 0.417. The van der Waals surface area contributed by atoms with Crippen molar-refractivity contribution < 1.29 is 13.2 Å². The molecule has 6 nitrogen and oxygen atoms in total. The highest BCUT2D eigenvalue weighted by atomic mass is 32.2. The largest absolute Gasteiger partial charge is 0.495 e. The van der Waals surface area contributed by atoms with Gasteiger partial charge in [0.15, 0.2) is 0 Å². The van der Waals surface area contributed by atoms with E-state index >= 15 is 0 Å². The quantitative estimate of drug-likeness (QED) is 0.667. The highest BCUT2D eigenvalue weighted by molar-refractivity contribution is 7.90. The van der Waals surface area contributed by atoms with Gasteiger partial charge >= 0.3 is 0 Å². The van der Waals surface area contributed by atoms with Gasteiger partial charge in [0.05, 0.1) is 12.8 Å². The van der Waals surface area contributed by atoms with Crippen LogP contribution in [-0.2, 0) is 10.2 Å². The molecule has 1 aromatic rings. The number of benzene rings is 1. The summed E-state index contributed by atoms with van der Waals surface area (Å²) in [4.78, 5) is 0.217. The summed E-state index contributed by atoms with van der Waals surface area (Å²) in [6, 6.07) is 4.74. The zero-order valence-electron chi connectivity index (χ0n) is 10.1. The summed E-state index contributed by atoms with van der Waals surface area (Å²) in [5.41, 5.74) is 6.41. The third-order valence-corrected chi connectivity index (χ3v) is 3.46. The van der Waals surface area contributed by atoms with E-state index in [1.54, 1.807) is 25.1 Å². The Morgan fingerprint density at radius 2 is 2.17 bits per heavy atom. The fourth-order valence-electron chi connectivity index (χ4n) is 1.30. The standard InChI is InChI=1S/C10H15N3O3S2/c1-3-12-18(14,15)13-8-5-4-7(10(11)17)6-9(8)16-2/h4-6,12-13H,3H2,1-2H3,(H2,11,17). The minimum absolute atomic E-state index is 0.217. The van der Waals surface area contributed by atoms with Crippen molar-refractivity contribution in [2.24, 2.45) is 5.73 Å². The molecule has 8 heteroatoms. The first-order valence-electron chi connectivity index (χ1n) is 5.15. The summed E-state index contributed by atoms with van der Waals surface area (Å²) < 4.78 is 32.9. The van der Waals surface area contributed by atoms with Gasteiger partial charge in [-0.25, -0.2) is 0 Å². The molecule has 0 aliphatic rings. The van der Waals surface area contributed by atoms with Gasteiger partial charge in [-0.15, -0.1) is 0 Å². The highest BCUT2D eigenvalue weighted by Gasteiger charge is 2.12. The predicted octanol–water partition coefficient (Wildman–Crippen LogP) is 0.596. The summed E-state index contributed by atoms with van der Waals surface area (Å²) in [5.74, 6) is 0.349. The molecular weight excluding hydrogens is 274 g/mol. The van der Waals surface area contributed by atoms with Crippen molar-refractivity contribution >= 4 is 33.1 Å². The van der Waals surface area contributed by atoms with Crippen LogP contribution in [0.3, 0.4) is 0 Å². The van der Waals surface area contributed by atoms with E-state index in [2.05, 4.69) is 9.44 Å². The predicted molar refractivity (Wildman–Crippen MR) is 75.1 cm³/mol. The van der Waals surface area contributed by atoms with Crippen molar-refractivity contribution in [3.8, 4) is 5.75 Å². The van der Waals surface area contributed by atoms with Gasteiger partial charge in [0.25, 0.3) is 10.2 Å². The van der Waals surface area contributed by atoms with E-state index in [0.717, 1.165) is 0 Å². The Labute approximate surface area is 112 Å². The van der Waals surface area contributed by atoms with Crippen molar-refractivity contribution in [3.63, 3.8) is 0 Å². The van der Waals surface area contributed by atoms with E-state index in [1.807, 2.05) is 0 Å². The first-order valence-corrected chi connectivity index (χ1v) is 7.04. The Bertz CT molecular complexity index is 543. The van der Waals surface area contributed by atoms with Crippen molar-refractivity contribution in [2.75, 3.05) is 18.4 Å². The molecule has 0 aliphatic carbocycles. The summed E-state index contributed by atoms with van der Waals surface area (Å²) in [6.45, 7) is 1.98. The van der Waals surface area contributed by atoms with Crippen LogP contribution in [0, 0.1) is 0 Å². The minimum Gasteiger partial charge on any atom is -0.495 e. The van der Waals surface area contributed by atoms with Gasteiger partial charge in [-0.05, 0) is 18.2 Å². The van der Waals surface area contributed by atoms with E-state index < -0.39 is 10.2 Å².